The van der Waals surface area contributed by atoms with Crippen LogP contribution in [0.25, 0.3) is 10.3 Å². The van der Waals surface area contributed by atoms with E-state index in [9.17, 15) is 5.26 Å². The summed E-state index contributed by atoms with van der Waals surface area (Å²) in [5.41, 5.74) is 3.71. The molecule has 154 valence electrons. The molecular weight excluding hydrogens is 398 g/mol. The van der Waals surface area contributed by atoms with Crippen molar-refractivity contribution < 1.29 is 0 Å². The van der Waals surface area contributed by atoms with Gasteiger partial charge in [0.1, 0.15) is 5.52 Å². The number of H-pyrrole nitrogens is 1. The fourth-order valence-corrected chi connectivity index (χ4v) is 6.46. The van der Waals surface area contributed by atoms with Crippen LogP contribution in [0.2, 0.25) is 0 Å². The summed E-state index contributed by atoms with van der Waals surface area (Å²) >= 11 is 1.51. The third-order valence-corrected chi connectivity index (χ3v) is 7.62. The van der Waals surface area contributed by atoms with E-state index in [0.717, 1.165) is 41.7 Å². The van der Waals surface area contributed by atoms with E-state index in [4.69, 9.17) is 9.97 Å². The van der Waals surface area contributed by atoms with E-state index in [2.05, 4.69) is 36.8 Å². The van der Waals surface area contributed by atoms with Gasteiger partial charge in [-0.3, -0.25) is 10.00 Å². The molecule has 0 aromatic carbocycles. The van der Waals surface area contributed by atoms with Gasteiger partial charge < -0.3 is 10.6 Å². The van der Waals surface area contributed by atoms with E-state index in [0.29, 0.717) is 42.1 Å². The topological polar surface area (TPSA) is 118 Å². The lowest BCUT2D eigenvalue weighted by molar-refractivity contribution is -0.0880. The zero-order chi connectivity index (χ0) is 20.3. The van der Waals surface area contributed by atoms with Gasteiger partial charge in [-0.05, 0) is 39.0 Å². The molecule has 10 heteroatoms. The number of nitriles is 1. The van der Waals surface area contributed by atoms with E-state index in [-0.39, 0.29) is 5.54 Å². The standard InChI is InChI=1S/C20H23N9S/c1-11-6-15(28-27-11)24-17-16-18(30-10-22-16)26-19(25-17)23-12-7-13-2-3-20(4-5-21)9-14(8-12)29(13)20/h6,10,12-14H,2-4,7-9H2,1H3,(H3,23,24,25,26,27,28). The Morgan fingerprint density at radius 3 is 3.10 bits per heavy atom. The van der Waals surface area contributed by atoms with Crippen LogP contribution in [0.1, 0.15) is 44.2 Å². The maximum Gasteiger partial charge on any atom is 0.226 e. The quantitative estimate of drug-likeness (QED) is 0.574. The average molecular weight is 422 g/mol. The number of piperidine rings is 1. The Morgan fingerprint density at radius 1 is 1.37 bits per heavy atom. The van der Waals surface area contributed by atoms with Crippen LogP contribution < -0.4 is 10.6 Å². The second-order valence-corrected chi connectivity index (χ2v) is 9.63. The number of aryl methyl sites for hydroxylation is 1. The van der Waals surface area contributed by atoms with Crippen LogP contribution in [0.3, 0.4) is 0 Å². The van der Waals surface area contributed by atoms with E-state index >= 15 is 0 Å². The number of anilines is 3. The molecule has 6 rings (SSSR count). The summed E-state index contributed by atoms with van der Waals surface area (Å²) in [7, 11) is 0. The molecule has 3 saturated heterocycles. The van der Waals surface area contributed by atoms with Crippen LogP contribution in [0.4, 0.5) is 17.6 Å². The minimum absolute atomic E-state index is 0.173. The number of rotatable bonds is 5. The van der Waals surface area contributed by atoms with Crippen molar-refractivity contribution in [2.24, 2.45) is 0 Å². The number of aromatic nitrogens is 5. The SMILES string of the molecule is Cc1cc(Nc2nc(NC3CC4CCC5(CC#N)CC(C3)N45)nc3scnc23)n[nH]1. The molecular formula is C20H23N9S. The maximum atomic E-state index is 9.23. The number of aromatic amines is 1. The zero-order valence-corrected chi connectivity index (χ0v) is 17.5. The second kappa shape index (κ2) is 6.62. The highest BCUT2D eigenvalue weighted by Gasteiger charge is 2.60. The molecule has 0 aliphatic carbocycles. The Kier molecular flexibility index (Phi) is 3.98. The van der Waals surface area contributed by atoms with Crippen LogP contribution in [-0.2, 0) is 0 Å². The predicted molar refractivity (Wildman–Crippen MR) is 115 cm³/mol. The number of hydrogen-bond donors (Lipinski definition) is 3. The summed E-state index contributed by atoms with van der Waals surface area (Å²) in [6.07, 6.45) is 6.33. The third kappa shape index (κ3) is 2.76. The zero-order valence-electron chi connectivity index (χ0n) is 16.7. The van der Waals surface area contributed by atoms with E-state index < -0.39 is 0 Å². The summed E-state index contributed by atoms with van der Waals surface area (Å²) in [6, 6.07) is 5.85. The molecule has 0 amide bonds. The summed E-state index contributed by atoms with van der Waals surface area (Å²) in [5, 5.41) is 23.3. The average Bonchev–Trinajstić information content (AvgIpc) is 3.40. The molecule has 9 nitrogen and oxygen atoms in total. The smallest absolute Gasteiger partial charge is 0.226 e. The fraction of sp³-hybridized carbons (Fsp3) is 0.550. The summed E-state index contributed by atoms with van der Waals surface area (Å²) in [5.74, 6) is 2.03. The van der Waals surface area contributed by atoms with E-state index in [1.54, 1.807) is 5.51 Å². The van der Waals surface area contributed by atoms with Crippen molar-refractivity contribution in [3.8, 4) is 6.07 Å². The molecule has 3 fully saturated rings. The first-order valence-corrected chi connectivity index (χ1v) is 11.3. The minimum Gasteiger partial charge on any atom is -0.351 e. The van der Waals surface area contributed by atoms with Gasteiger partial charge in [-0.25, -0.2) is 9.97 Å². The van der Waals surface area contributed by atoms with Gasteiger partial charge in [-0.2, -0.15) is 15.3 Å². The molecule has 0 spiro atoms. The second-order valence-electron chi connectivity index (χ2n) is 8.79. The molecule has 3 aliphatic rings. The lowest BCUT2D eigenvalue weighted by Crippen LogP contribution is -2.68. The highest BCUT2D eigenvalue weighted by Crippen LogP contribution is 2.55. The van der Waals surface area contributed by atoms with Crippen molar-refractivity contribution in [1.29, 1.82) is 5.26 Å². The Morgan fingerprint density at radius 2 is 2.27 bits per heavy atom. The number of fused-ring (bicyclic) bond motifs is 1. The van der Waals surface area contributed by atoms with Crippen molar-refractivity contribution in [1.82, 2.24) is 30.0 Å². The van der Waals surface area contributed by atoms with Crippen molar-refractivity contribution in [3.05, 3.63) is 17.3 Å². The fourth-order valence-electron chi connectivity index (χ4n) is 5.81. The van der Waals surface area contributed by atoms with E-state index in [1.807, 2.05) is 13.0 Å². The van der Waals surface area contributed by atoms with Crippen LogP contribution in [-0.4, -0.2) is 53.7 Å². The van der Waals surface area contributed by atoms with Gasteiger partial charge in [0.2, 0.25) is 5.95 Å². The summed E-state index contributed by atoms with van der Waals surface area (Å²) in [6.45, 7) is 1.96. The molecule has 6 heterocycles. The highest BCUT2D eigenvalue weighted by atomic mass is 32.1. The monoisotopic (exact) mass is 421 g/mol. The van der Waals surface area contributed by atoms with Crippen LogP contribution in [0.15, 0.2) is 11.6 Å². The molecule has 3 aromatic rings. The molecule has 30 heavy (non-hydrogen) atoms. The van der Waals surface area contributed by atoms with Crippen molar-refractivity contribution >= 4 is 39.3 Å². The van der Waals surface area contributed by atoms with Gasteiger partial charge in [0.15, 0.2) is 16.5 Å². The Balaban J connectivity index is 1.23. The highest BCUT2D eigenvalue weighted by molar-refractivity contribution is 7.16. The summed E-state index contributed by atoms with van der Waals surface area (Å²) in [4.78, 5) is 17.4. The summed E-state index contributed by atoms with van der Waals surface area (Å²) < 4.78 is 0. The molecule has 4 atom stereocenters. The van der Waals surface area contributed by atoms with Crippen LogP contribution in [0, 0.1) is 18.3 Å². The van der Waals surface area contributed by atoms with Crippen molar-refractivity contribution in [2.45, 2.75) is 69.1 Å². The molecule has 0 saturated carbocycles. The van der Waals surface area contributed by atoms with Gasteiger partial charge in [0.05, 0.1) is 18.0 Å². The molecule has 3 aromatic heterocycles. The van der Waals surface area contributed by atoms with Crippen molar-refractivity contribution in [2.75, 3.05) is 10.6 Å². The number of nitrogens with one attached hydrogen (secondary N) is 3. The normalized spacial score (nSPS) is 29.9. The van der Waals surface area contributed by atoms with Gasteiger partial charge in [0.25, 0.3) is 0 Å². The first-order valence-electron chi connectivity index (χ1n) is 10.5. The van der Waals surface area contributed by atoms with Gasteiger partial charge >= 0.3 is 0 Å². The molecule has 4 unspecified atom stereocenters. The first kappa shape index (κ1) is 18.0. The van der Waals surface area contributed by atoms with Gasteiger partial charge in [-0.15, -0.1) is 11.3 Å². The molecule has 3 aliphatic heterocycles. The number of nitrogens with zero attached hydrogens (tertiary/aromatic N) is 6. The number of thiazole rings is 1. The molecule has 0 bridgehead atoms. The lowest BCUT2D eigenvalue weighted by Gasteiger charge is -2.59. The molecule has 3 N–H and O–H groups in total. The maximum absolute atomic E-state index is 9.23. The van der Waals surface area contributed by atoms with E-state index in [1.165, 1.54) is 17.8 Å². The number of hydrogen-bond acceptors (Lipinski definition) is 9. The largest absolute Gasteiger partial charge is 0.351 e. The Hall–Kier alpha value is -2.77. The predicted octanol–water partition coefficient (Wildman–Crippen LogP) is 3.32. The van der Waals surface area contributed by atoms with Crippen LogP contribution in [0.5, 0.6) is 0 Å². The van der Waals surface area contributed by atoms with Gasteiger partial charge in [0, 0.05) is 35.4 Å². The molecule has 0 radical (unpaired) electrons. The van der Waals surface area contributed by atoms with Crippen molar-refractivity contribution in [3.63, 3.8) is 0 Å². The van der Waals surface area contributed by atoms with Gasteiger partial charge in [-0.1, -0.05) is 0 Å². The Labute approximate surface area is 177 Å². The third-order valence-electron chi connectivity index (χ3n) is 6.90. The minimum atomic E-state index is 0.173. The Bertz CT molecular complexity index is 1150. The first-order chi connectivity index (χ1) is 14.6. The van der Waals surface area contributed by atoms with Crippen LogP contribution >= 0.6 is 11.3 Å². The lowest BCUT2D eigenvalue weighted by atomic mass is 9.72.